The van der Waals surface area contributed by atoms with Gasteiger partial charge < -0.3 is 0 Å². The molecule has 2 aromatic rings. The number of carbonyl (C=O) groups excluding carboxylic acids is 2. The van der Waals surface area contributed by atoms with Gasteiger partial charge >= 0.3 is 0 Å². The second-order valence-corrected chi connectivity index (χ2v) is 7.52. The highest BCUT2D eigenvalue weighted by Crippen LogP contribution is 2.34. The van der Waals surface area contributed by atoms with E-state index in [4.69, 9.17) is 0 Å². The average molecular weight is 348 g/mol. The van der Waals surface area contributed by atoms with Crippen molar-refractivity contribution in [1.82, 2.24) is 0 Å². The third kappa shape index (κ3) is 4.30. The van der Waals surface area contributed by atoms with Crippen LogP contribution in [-0.4, -0.2) is 11.6 Å². The number of fused-ring (bicyclic) bond motifs is 1. The Morgan fingerprint density at radius 3 is 2.27 bits per heavy atom. The van der Waals surface area contributed by atoms with Gasteiger partial charge in [0.2, 0.25) is 0 Å². The number of benzene rings is 2. The summed E-state index contributed by atoms with van der Waals surface area (Å²) in [6, 6.07) is 14.2. The summed E-state index contributed by atoms with van der Waals surface area (Å²) >= 11 is 0. The van der Waals surface area contributed by atoms with Crippen molar-refractivity contribution in [2.75, 3.05) is 0 Å². The Bertz CT molecular complexity index is 798. The molecule has 0 aromatic heterocycles. The largest absolute Gasteiger partial charge is 0.295 e. The van der Waals surface area contributed by atoms with Crippen LogP contribution in [0.3, 0.4) is 0 Å². The lowest BCUT2D eigenvalue weighted by atomic mass is 9.95. The van der Waals surface area contributed by atoms with E-state index in [1.54, 1.807) is 13.8 Å². The highest BCUT2D eigenvalue weighted by atomic mass is 16.1. The van der Waals surface area contributed by atoms with E-state index in [-0.39, 0.29) is 11.6 Å². The monoisotopic (exact) mass is 348 g/mol. The predicted molar refractivity (Wildman–Crippen MR) is 106 cm³/mol. The van der Waals surface area contributed by atoms with Gasteiger partial charge in [-0.3, -0.25) is 9.59 Å². The minimum Gasteiger partial charge on any atom is -0.295 e. The lowest BCUT2D eigenvalue weighted by Gasteiger charge is -2.09. The van der Waals surface area contributed by atoms with E-state index >= 15 is 0 Å². The van der Waals surface area contributed by atoms with E-state index in [1.165, 1.54) is 48.8 Å². The third-order valence-corrected chi connectivity index (χ3v) is 5.64. The standard InChI is InChI=1S/C13H16O.C11H12O/c1-10(14)12-7-4-8-13(9-12)11-5-2-3-6-11;1-8(12)10-6-2-4-9-5-3-7-11(9)10/h4,7-9,11H,2-3,5-6H2,1H3;2,4,6H,3,5,7H2,1H3. The van der Waals surface area contributed by atoms with Crippen LogP contribution in [0, 0.1) is 0 Å². The molecular weight excluding hydrogens is 320 g/mol. The number of hydrogen-bond donors (Lipinski definition) is 0. The zero-order valence-corrected chi connectivity index (χ0v) is 15.9. The van der Waals surface area contributed by atoms with Gasteiger partial charge in [-0.25, -0.2) is 0 Å². The summed E-state index contributed by atoms with van der Waals surface area (Å²) in [5, 5.41) is 0. The lowest BCUT2D eigenvalue weighted by Crippen LogP contribution is -1.98. The van der Waals surface area contributed by atoms with Gasteiger partial charge in [0.15, 0.2) is 11.6 Å². The topological polar surface area (TPSA) is 34.1 Å². The Hall–Kier alpha value is -2.22. The molecule has 1 fully saturated rings. The maximum absolute atomic E-state index is 11.2. The molecule has 0 atom stereocenters. The van der Waals surface area contributed by atoms with Crippen LogP contribution in [0.15, 0.2) is 42.5 Å². The molecule has 0 amide bonds. The molecule has 1 saturated carbocycles. The predicted octanol–water partition coefficient (Wildman–Crippen LogP) is 5.92. The highest BCUT2D eigenvalue weighted by Gasteiger charge is 2.17. The number of ketones is 2. The number of carbonyl (C=O) groups is 2. The molecule has 2 aromatic carbocycles. The molecule has 0 saturated heterocycles. The summed E-state index contributed by atoms with van der Waals surface area (Å²) in [6.45, 7) is 3.28. The van der Waals surface area contributed by atoms with E-state index in [0.717, 1.165) is 24.0 Å². The van der Waals surface area contributed by atoms with Gasteiger partial charge in [0.05, 0.1) is 0 Å². The lowest BCUT2D eigenvalue weighted by molar-refractivity contribution is 0.100. The van der Waals surface area contributed by atoms with E-state index in [0.29, 0.717) is 5.92 Å². The first kappa shape index (κ1) is 18.6. The van der Waals surface area contributed by atoms with Gasteiger partial charge in [0, 0.05) is 11.1 Å². The van der Waals surface area contributed by atoms with Gasteiger partial charge in [-0.2, -0.15) is 0 Å². The van der Waals surface area contributed by atoms with E-state index in [2.05, 4.69) is 18.2 Å². The average Bonchev–Trinajstić information content (AvgIpc) is 3.33. The first-order valence-corrected chi connectivity index (χ1v) is 9.79. The molecule has 2 nitrogen and oxygen atoms in total. The van der Waals surface area contributed by atoms with Crippen LogP contribution in [0.2, 0.25) is 0 Å². The van der Waals surface area contributed by atoms with E-state index in [1.807, 2.05) is 24.3 Å². The molecule has 2 heteroatoms. The zero-order valence-electron chi connectivity index (χ0n) is 15.9. The Morgan fingerprint density at radius 1 is 0.846 bits per heavy atom. The quantitative estimate of drug-likeness (QED) is 0.645. The number of aryl methyl sites for hydroxylation is 1. The number of rotatable bonds is 3. The number of Topliss-reactive ketones (excluding diaryl/α,β-unsaturated/α-hetero) is 2. The van der Waals surface area contributed by atoms with Gasteiger partial charge in [-0.05, 0) is 74.6 Å². The number of hydrogen-bond acceptors (Lipinski definition) is 2. The van der Waals surface area contributed by atoms with Gasteiger partial charge in [-0.1, -0.05) is 49.2 Å². The second-order valence-electron chi connectivity index (χ2n) is 7.52. The van der Waals surface area contributed by atoms with Crippen LogP contribution < -0.4 is 0 Å². The molecule has 0 heterocycles. The maximum atomic E-state index is 11.2. The minimum absolute atomic E-state index is 0.171. The first-order valence-electron chi connectivity index (χ1n) is 9.79. The zero-order chi connectivity index (χ0) is 18.5. The molecule has 4 rings (SSSR count). The molecule has 26 heavy (non-hydrogen) atoms. The highest BCUT2D eigenvalue weighted by molar-refractivity contribution is 5.96. The van der Waals surface area contributed by atoms with Crippen molar-refractivity contribution in [3.05, 3.63) is 70.3 Å². The van der Waals surface area contributed by atoms with Gasteiger partial charge in [0.25, 0.3) is 0 Å². The molecule has 0 spiro atoms. The van der Waals surface area contributed by atoms with Crippen molar-refractivity contribution < 1.29 is 9.59 Å². The molecule has 2 aliphatic rings. The maximum Gasteiger partial charge on any atom is 0.160 e. The van der Waals surface area contributed by atoms with Crippen LogP contribution in [0.5, 0.6) is 0 Å². The van der Waals surface area contributed by atoms with Gasteiger partial charge in [0.1, 0.15) is 0 Å². The Morgan fingerprint density at radius 2 is 1.58 bits per heavy atom. The summed E-state index contributed by atoms with van der Waals surface area (Å²) < 4.78 is 0. The van der Waals surface area contributed by atoms with Crippen molar-refractivity contribution in [1.29, 1.82) is 0 Å². The molecule has 0 N–H and O–H groups in total. The van der Waals surface area contributed by atoms with Crippen LogP contribution in [0.1, 0.15) is 89.3 Å². The molecule has 0 radical (unpaired) electrons. The summed E-state index contributed by atoms with van der Waals surface area (Å²) in [7, 11) is 0. The molecule has 136 valence electrons. The smallest absolute Gasteiger partial charge is 0.160 e. The Balaban J connectivity index is 0.000000152. The van der Waals surface area contributed by atoms with Crippen LogP contribution >= 0.6 is 0 Å². The molecule has 2 aliphatic carbocycles. The van der Waals surface area contributed by atoms with Gasteiger partial charge in [-0.15, -0.1) is 0 Å². The normalized spacial score (nSPS) is 15.9. The fourth-order valence-electron chi connectivity index (χ4n) is 4.22. The minimum atomic E-state index is 0.171. The first-order chi connectivity index (χ1) is 12.6. The van der Waals surface area contributed by atoms with Crippen molar-refractivity contribution in [2.45, 2.75) is 64.7 Å². The molecule has 0 bridgehead atoms. The Labute approximate surface area is 156 Å². The van der Waals surface area contributed by atoms with Crippen molar-refractivity contribution in [2.24, 2.45) is 0 Å². The SMILES string of the molecule is CC(=O)c1cccc(C2CCCC2)c1.CC(=O)c1cccc2c1CCC2. The van der Waals surface area contributed by atoms with E-state index < -0.39 is 0 Å². The van der Waals surface area contributed by atoms with Crippen molar-refractivity contribution in [3.8, 4) is 0 Å². The fraction of sp³-hybridized carbons (Fsp3) is 0.417. The molecule has 0 unspecified atom stereocenters. The summed E-state index contributed by atoms with van der Waals surface area (Å²) in [6.07, 6.45) is 8.72. The van der Waals surface area contributed by atoms with Crippen LogP contribution in [0.25, 0.3) is 0 Å². The van der Waals surface area contributed by atoms with E-state index in [9.17, 15) is 9.59 Å². The fourth-order valence-corrected chi connectivity index (χ4v) is 4.22. The Kier molecular flexibility index (Phi) is 6.03. The molecule has 0 aliphatic heterocycles. The second kappa shape index (κ2) is 8.44. The van der Waals surface area contributed by atoms with Crippen molar-refractivity contribution in [3.63, 3.8) is 0 Å². The van der Waals surface area contributed by atoms with Crippen molar-refractivity contribution >= 4 is 11.6 Å². The molecular formula is C24H28O2. The third-order valence-electron chi connectivity index (χ3n) is 5.64. The summed E-state index contributed by atoms with van der Waals surface area (Å²) in [5.74, 6) is 1.08. The van der Waals surface area contributed by atoms with Crippen LogP contribution in [0.4, 0.5) is 0 Å². The summed E-state index contributed by atoms with van der Waals surface area (Å²) in [5.41, 5.74) is 5.82. The summed E-state index contributed by atoms with van der Waals surface area (Å²) in [4.78, 5) is 22.4. The van der Waals surface area contributed by atoms with Crippen LogP contribution in [-0.2, 0) is 12.8 Å².